The van der Waals surface area contributed by atoms with Gasteiger partial charge in [-0.15, -0.1) is 13.2 Å². The van der Waals surface area contributed by atoms with Gasteiger partial charge in [-0.2, -0.15) is 0 Å². The first-order valence-corrected chi connectivity index (χ1v) is 6.66. The molecule has 19 heavy (non-hydrogen) atoms. The van der Waals surface area contributed by atoms with Crippen LogP contribution in [0.25, 0.3) is 10.2 Å². The first-order chi connectivity index (χ1) is 8.90. The van der Waals surface area contributed by atoms with E-state index in [0.717, 1.165) is 29.7 Å². The highest BCUT2D eigenvalue weighted by Gasteiger charge is 2.31. The molecule has 2 aromatic rings. The number of unbranched alkanes of at least 4 members (excludes halogenated alkanes) is 1. The van der Waals surface area contributed by atoms with Gasteiger partial charge in [0.25, 0.3) is 0 Å². The molecule has 0 atom stereocenters. The number of aromatic nitrogens is 1. The van der Waals surface area contributed by atoms with Crippen molar-refractivity contribution in [3.63, 3.8) is 0 Å². The van der Waals surface area contributed by atoms with Crippen molar-refractivity contribution in [1.82, 2.24) is 4.57 Å². The average molecular weight is 290 g/mol. The Bertz CT molecular complexity index is 630. The van der Waals surface area contributed by atoms with Crippen LogP contribution in [-0.2, 0) is 6.54 Å². The van der Waals surface area contributed by atoms with E-state index >= 15 is 0 Å². The molecule has 0 amide bonds. The molecule has 7 heteroatoms. The van der Waals surface area contributed by atoms with Crippen LogP contribution in [-0.4, -0.2) is 10.9 Å². The van der Waals surface area contributed by atoms with Crippen molar-refractivity contribution >= 4 is 21.6 Å². The normalized spacial score (nSPS) is 12.0. The van der Waals surface area contributed by atoms with Crippen LogP contribution in [0.2, 0.25) is 0 Å². The number of thiazole rings is 1. The van der Waals surface area contributed by atoms with Gasteiger partial charge in [0.2, 0.25) is 0 Å². The maximum absolute atomic E-state index is 12.1. The van der Waals surface area contributed by atoms with Crippen LogP contribution in [0.15, 0.2) is 18.2 Å². The first kappa shape index (κ1) is 13.9. The van der Waals surface area contributed by atoms with E-state index in [1.165, 1.54) is 12.1 Å². The lowest BCUT2D eigenvalue weighted by Gasteiger charge is -2.09. The highest BCUT2D eigenvalue weighted by Crippen LogP contribution is 2.27. The third-order valence-electron chi connectivity index (χ3n) is 2.64. The van der Waals surface area contributed by atoms with Gasteiger partial charge in [0.05, 0.1) is 10.2 Å². The summed E-state index contributed by atoms with van der Waals surface area (Å²) < 4.78 is 42.7. The van der Waals surface area contributed by atoms with Crippen molar-refractivity contribution in [3.8, 4) is 5.75 Å². The van der Waals surface area contributed by atoms with Crippen LogP contribution in [0, 0.1) is 5.41 Å². The molecule has 1 heterocycles. The van der Waals surface area contributed by atoms with E-state index in [9.17, 15) is 13.2 Å². The summed E-state index contributed by atoms with van der Waals surface area (Å²) >= 11 is 1.15. The molecule has 0 spiro atoms. The van der Waals surface area contributed by atoms with Gasteiger partial charge >= 0.3 is 6.36 Å². The van der Waals surface area contributed by atoms with Crippen LogP contribution in [0.4, 0.5) is 13.2 Å². The summed E-state index contributed by atoms with van der Waals surface area (Å²) in [5.41, 5.74) is 0.776. The van der Waals surface area contributed by atoms with Crippen LogP contribution < -0.4 is 9.54 Å². The van der Waals surface area contributed by atoms with E-state index in [0.29, 0.717) is 16.0 Å². The minimum Gasteiger partial charge on any atom is -0.406 e. The Morgan fingerprint density at radius 1 is 1.37 bits per heavy atom. The van der Waals surface area contributed by atoms with Crippen LogP contribution in [0.5, 0.6) is 5.75 Å². The maximum Gasteiger partial charge on any atom is 0.573 e. The zero-order valence-corrected chi connectivity index (χ0v) is 11.1. The first-order valence-electron chi connectivity index (χ1n) is 5.84. The van der Waals surface area contributed by atoms with Gasteiger partial charge in [0.1, 0.15) is 5.75 Å². The van der Waals surface area contributed by atoms with Crippen molar-refractivity contribution in [2.75, 3.05) is 0 Å². The maximum atomic E-state index is 12.1. The molecule has 3 nitrogen and oxygen atoms in total. The van der Waals surface area contributed by atoms with Crippen molar-refractivity contribution < 1.29 is 17.9 Å². The van der Waals surface area contributed by atoms with E-state index < -0.39 is 6.36 Å². The van der Waals surface area contributed by atoms with E-state index in [4.69, 9.17) is 5.41 Å². The lowest BCUT2D eigenvalue weighted by atomic mass is 10.3. The molecule has 1 aromatic carbocycles. The second-order valence-corrected chi connectivity index (χ2v) is 5.12. The largest absolute Gasteiger partial charge is 0.573 e. The predicted molar refractivity (Wildman–Crippen MR) is 67.3 cm³/mol. The monoisotopic (exact) mass is 290 g/mol. The Morgan fingerprint density at radius 2 is 2.11 bits per heavy atom. The Kier molecular flexibility index (Phi) is 3.84. The molecule has 0 unspecified atom stereocenters. The van der Waals surface area contributed by atoms with E-state index in [1.54, 1.807) is 10.6 Å². The molecular weight excluding hydrogens is 277 g/mol. The number of benzene rings is 1. The van der Waals surface area contributed by atoms with Gasteiger partial charge < -0.3 is 9.30 Å². The third-order valence-corrected chi connectivity index (χ3v) is 3.60. The van der Waals surface area contributed by atoms with Gasteiger partial charge in [-0.05, 0) is 24.6 Å². The number of rotatable bonds is 4. The highest BCUT2D eigenvalue weighted by molar-refractivity contribution is 7.16. The quantitative estimate of drug-likeness (QED) is 0.911. The number of aryl methyl sites for hydroxylation is 1. The SMILES string of the molecule is CCCCn1c(=N)sc2cc(OC(F)(F)F)ccc21. The summed E-state index contributed by atoms with van der Waals surface area (Å²) in [5, 5.41) is 7.85. The van der Waals surface area contributed by atoms with Crippen LogP contribution in [0.1, 0.15) is 19.8 Å². The third kappa shape index (κ3) is 3.28. The lowest BCUT2D eigenvalue weighted by Crippen LogP contribution is -2.17. The number of hydrogen-bond donors (Lipinski definition) is 1. The smallest absolute Gasteiger partial charge is 0.406 e. The number of fused-ring (bicyclic) bond motifs is 1. The molecule has 0 saturated carbocycles. The van der Waals surface area contributed by atoms with Crippen LogP contribution >= 0.6 is 11.3 Å². The number of alkyl halides is 3. The second-order valence-electron chi connectivity index (χ2n) is 4.09. The molecule has 0 radical (unpaired) electrons. The van der Waals surface area contributed by atoms with Crippen molar-refractivity contribution in [1.29, 1.82) is 5.41 Å². The molecule has 0 bridgehead atoms. The summed E-state index contributed by atoms with van der Waals surface area (Å²) in [6.07, 6.45) is -2.75. The van der Waals surface area contributed by atoms with Gasteiger partial charge in [-0.3, -0.25) is 5.41 Å². The Hall–Kier alpha value is -1.50. The number of ether oxygens (including phenoxy) is 1. The van der Waals surface area contributed by atoms with Crippen molar-refractivity contribution in [2.24, 2.45) is 0 Å². The summed E-state index contributed by atoms with van der Waals surface area (Å²) in [6, 6.07) is 4.18. The fourth-order valence-corrected chi connectivity index (χ4v) is 2.77. The molecular formula is C12H13F3N2OS. The van der Waals surface area contributed by atoms with Gasteiger partial charge in [0.15, 0.2) is 4.80 Å². The summed E-state index contributed by atoms with van der Waals surface area (Å²) in [7, 11) is 0. The second kappa shape index (κ2) is 5.24. The molecule has 0 aliphatic rings. The molecule has 104 valence electrons. The number of halogens is 3. The highest BCUT2D eigenvalue weighted by atomic mass is 32.1. The number of hydrogen-bond acceptors (Lipinski definition) is 3. The zero-order valence-electron chi connectivity index (χ0n) is 10.3. The predicted octanol–water partition coefficient (Wildman–Crippen LogP) is 3.88. The van der Waals surface area contributed by atoms with Gasteiger partial charge in [-0.25, -0.2) is 0 Å². The van der Waals surface area contributed by atoms with E-state index in [-0.39, 0.29) is 5.75 Å². The standard InChI is InChI=1S/C12H13F3N2OS/c1-2-3-6-17-9-5-4-8(18-12(13,14)15)7-10(9)19-11(17)16/h4-5,7,16H,2-3,6H2,1H3. The minimum atomic E-state index is -4.69. The number of nitrogens with zero attached hydrogens (tertiary/aromatic N) is 1. The molecule has 0 aliphatic heterocycles. The van der Waals surface area contributed by atoms with E-state index in [2.05, 4.69) is 4.74 Å². The minimum absolute atomic E-state index is 0.246. The molecule has 2 rings (SSSR count). The Balaban J connectivity index is 2.37. The van der Waals surface area contributed by atoms with Crippen molar-refractivity contribution in [3.05, 3.63) is 23.0 Å². The van der Waals surface area contributed by atoms with Gasteiger partial charge in [0, 0.05) is 6.54 Å². The topological polar surface area (TPSA) is 38.0 Å². The molecule has 0 saturated heterocycles. The summed E-state index contributed by atoms with van der Waals surface area (Å²) in [5.74, 6) is -0.246. The fourth-order valence-electron chi connectivity index (χ4n) is 1.80. The van der Waals surface area contributed by atoms with Crippen molar-refractivity contribution in [2.45, 2.75) is 32.7 Å². The van der Waals surface area contributed by atoms with E-state index in [1.807, 2.05) is 6.92 Å². The molecule has 1 aromatic heterocycles. The average Bonchev–Trinajstić information content (AvgIpc) is 2.59. The molecule has 1 N–H and O–H groups in total. The summed E-state index contributed by atoms with van der Waals surface area (Å²) in [6.45, 7) is 2.75. The Labute approximate surface area is 111 Å². The Morgan fingerprint density at radius 3 is 2.74 bits per heavy atom. The lowest BCUT2D eigenvalue weighted by molar-refractivity contribution is -0.274. The zero-order chi connectivity index (χ0) is 14.0. The molecule has 0 aliphatic carbocycles. The van der Waals surface area contributed by atoms with Crippen LogP contribution in [0.3, 0.4) is 0 Å². The fraction of sp³-hybridized carbons (Fsp3) is 0.417. The summed E-state index contributed by atoms with van der Waals surface area (Å²) in [4.78, 5) is 0.340. The van der Waals surface area contributed by atoms with Gasteiger partial charge in [-0.1, -0.05) is 24.7 Å². The molecule has 0 fully saturated rings. The number of nitrogens with one attached hydrogen (secondary N) is 1.